The standard InChI is InChI=1S/C15H15ClN2O3/c1-3-10-6-9(15(19)20)7-14(17-10)18-11-4-5-12(16)13(8-11)21-2/h4-8H,3H2,1-2H3,(H,17,18)(H,19,20). The maximum absolute atomic E-state index is 11.1. The van der Waals surface area contributed by atoms with Crippen LogP contribution in [0.1, 0.15) is 23.0 Å². The minimum absolute atomic E-state index is 0.199. The Labute approximate surface area is 127 Å². The van der Waals surface area contributed by atoms with Gasteiger partial charge in [-0.05, 0) is 30.7 Å². The van der Waals surface area contributed by atoms with Crippen molar-refractivity contribution >= 4 is 29.1 Å². The number of carboxylic acid groups (broad SMARTS) is 1. The van der Waals surface area contributed by atoms with Crippen molar-refractivity contribution in [2.45, 2.75) is 13.3 Å². The highest BCUT2D eigenvalue weighted by Gasteiger charge is 2.09. The minimum Gasteiger partial charge on any atom is -0.495 e. The number of nitrogens with one attached hydrogen (secondary N) is 1. The van der Waals surface area contributed by atoms with E-state index in [1.54, 1.807) is 24.3 Å². The highest BCUT2D eigenvalue weighted by molar-refractivity contribution is 6.32. The summed E-state index contributed by atoms with van der Waals surface area (Å²) in [6.45, 7) is 1.92. The number of carbonyl (C=O) groups is 1. The summed E-state index contributed by atoms with van der Waals surface area (Å²) >= 11 is 5.97. The van der Waals surface area contributed by atoms with Gasteiger partial charge in [-0.15, -0.1) is 0 Å². The molecule has 0 fully saturated rings. The van der Waals surface area contributed by atoms with E-state index in [0.717, 1.165) is 0 Å². The summed E-state index contributed by atoms with van der Waals surface area (Å²) in [5, 5.41) is 12.7. The van der Waals surface area contributed by atoms with Gasteiger partial charge in [0.25, 0.3) is 0 Å². The highest BCUT2D eigenvalue weighted by Crippen LogP contribution is 2.28. The molecule has 0 atom stereocenters. The fourth-order valence-corrected chi connectivity index (χ4v) is 2.04. The van der Waals surface area contributed by atoms with Gasteiger partial charge in [-0.25, -0.2) is 9.78 Å². The van der Waals surface area contributed by atoms with Crippen LogP contribution < -0.4 is 10.1 Å². The number of halogens is 1. The number of methoxy groups -OCH3 is 1. The molecule has 2 rings (SSSR count). The summed E-state index contributed by atoms with van der Waals surface area (Å²) in [5.74, 6) is 0.0201. The summed E-state index contributed by atoms with van der Waals surface area (Å²) in [6.07, 6.45) is 0.653. The number of benzene rings is 1. The number of pyridine rings is 1. The van der Waals surface area contributed by atoms with E-state index in [9.17, 15) is 4.79 Å². The van der Waals surface area contributed by atoms with Crippen molar-refractivity contribution in [1.82, 2.24) is 4.98 Å². The molecular formula is C15H15ClN2O3. The Morgan fingerprint density at radius 3 is 2.76 bits per heavy atom. The van der Waals surface area contributed by atoms with Gasteiger partial charge >= 0.3 is 5.97 Å². The number of hydrogen-bond acceptors (Lipinski definition) is 4. The first kappa shape index (κ1) is 15.1. The van der Waals surface area contributed by atoms with Crippen LogP contribution in [0.4, 0.5) is 11.5 Å². The van der Waals surface area contributed by atoms with Crippen LogP contribution in [0, 0.1) is 0 Å². The summed E-state index contributed by atoms with van der Waals surface area (Å²) in [7, 11) is 1.53. The zero-order valence-electron chi connectivity index (χ0n) is 11.7. The Morgan fingerprint density at radius 1 is 1.38 bits per heavy atom. The lowest BCUT2D eigenvalue weighted by molar-refractivity contribution is 0.0696. The molecule has 0 aliphatic carbocycles. The highest BCUT2D eigenvalue weighted by atomic mass is 35.5. The molecule has 2 N–H and O–H groups in total. The van der Waals surface area contributed by atoms with Gasteiger partial charge in [-0.1, -0.05) is 18.5 Å². The molecule has 1 aromatic heterocycles. The zero-order valence-corrected chi connectivity index (χ0v) is 12.4. The van der Waals surface area contributed by atoms with Gasteiger partial charge in [0.05, 0.1) is 17.7 Å². The third kappa shape index (κ3) is 3.64. The van der Waals surface area contributed by atoms with Gasteiger partial charge in [0.1, 0.15) is 11.6 Å². The molecule has 0 aliphatic heterocycles. The van der Waals surface area contributed by atoms with Crippen LogP contribution in [-0.4, -0.2) is 23.2 Å². The van der Waals surface area contributed by atoms with Gasteiger partial charge in [-0.3, -0.25) is 0 Å². The van der Waals surface area contributed by atoms with E-state index in [4.69, 9.17) is 21.4 Å². The molecule has 0 amide bonds. The molecule has 5 nitrogen and oxygen atoms in total. The number of carboxylic acids is 1. The molecular weight excluding hydrogens is 292 g/mol. The fraction of sp³-hybridized carbons (Fsp3) is 0.200. The molecule has 0 saturated carbocycles. The maximum Gasteiger partial charge on any atom is 0.335 e. The van der Waals surface area contributed by atoms with E-state index < -0.39 is 5.97 Å². The first-order valence-corrected chi connectivity index (χ1v) is 6.76. The number of ether oxygens (including phenoxy) is 1. The Morgan fingerprint density at radius 2 is 2.14 bits per heavy atom. The monoisotopic (exact) mass is 306 g/mol. The molecule has 2 aromatic rings. The lowest BCUT2D eigenvalue weighted by atomic mass is 10.2. The molecule has 6 heteroatoms. The molecule has 1 aromatic carbocycles. The van der Waals surface area contributed by atoms with Crippen molar-refractivity contribution in [2.75, 3.05) is 12.4 Å². The lowest BCUT2D eigenvalue weighted by Gasteiger charge is -2.10. The Balaban J connectivity index is 2.34. The van der Waals surface area contributed by atoms with E-state index >= 15 is 0 Å². The second-order valence-corrected chi connectivity index (χ2v) is 4.77. The number of aromatic carboxylic acids is 1. The van der Waals surface area contributed by atoms with Crippen LogP contribution in [-0.2, 0) is 6.42 Å². The van der Waals surface area contributed by atoms with Gasteiger partial charge in [0.2, 0.25) is 0 Å². The molecule has 0 bridgehead atoms. The molecule has 0 unspecified atom stereocenters. The predicted molar refractivity (Wildman–Crippen MR) is 81.9 cm³/mol. The molecule has 0 saturated heterocycles. The Kier molecular flexibility index (Phi) is 4.65. The van der Waals surface area contributed by atoms with Gasteiger partial charge in [-0.2, -0.15) is 0 Å². The van der Waals surface area contributed by atoms with Crippen molar-refractivity contribution in [2.24, 2.45) is 0 Å². The van der Waals surface area contributed by atoms with Crippen LogP contribution in [0.3, 0.4) is 0 Å². The number of rotatable bonds is 5. The smallest absolute Gasteiger partial charge is 0.335 e. The number of anilines is 2. The Bertz CT molecular complexity index is 674. The SMILES string of the molecule is CCc1cc(C(=O)O)cc(Nc2ccc(Cl)c(OC)c2)n1. The van der Waals surface area contributed by atoms with E-state index in [1.807, 2.05) is 6.92 Å². The van der Waals surface area contributed by atoms with Crippen molar-refractivity contribution in [1.29, 1.82) is 0 Å². The van der Waals surface area contributed by atoms with Crippen molar-refractivity contribution in [3.8, 4) is 5.75 Å². The summed E-state index contributed by atoms with van der Waals surface area (Å²) < 4.78 is 5.14. The van der Waals surface area contributed by atoms with Crippen LogP contribution in [0.15, 0.2) is 30.3 Å². The normalized spacial score (nSPS) is 10.2. The first-order valence-electron chi connectivity index (χ1n) is 6.38. The topological polar surface area (TPSA) is 71.5 Å². The Hall–Kier alpha value is -2.27. The van der Waals surface area contributed by atoms with Gasteiger partial charge in [0, 0.05) is 17.4 Å². The summed E-state index contributed by atoms with van der Waals surface area (Å²) in [5.41, 5.74) is 1.62. The summed E-state index contributed by atoms with van der Waals surface area (Å²) in [6, 6.07) is 8.25. The van der Waals surface area contributed by atoms with E-state index in [2.05, 4.69) is 10.3 Å². The summed E-state index contributed by atoms with van der Waals surface area (Å²) in [4.78, 5) is 15.5. The predicted octanol–water partition coefficient (Wildman–Crippen LogP) is 3.75. The van der Waals surface area contributed by atoms with Crippen molar-refractivity contribution in [3.05, 3.63) is 46.6 Å². The number of nitrogens with zero attached hydrogens (tertiary/aromatic N) is 1. The second kappa shape index (κ2) is 6.45. The first-order chi connectivity index (χ1) is 10.0. The largest absolute Gasteiger partial charge is 0.495 e. The lowest BCUT2D eigenvalue weighted by Crippen LogP contribution is -2.03. The van der Waals surface area contributed by atoms with Crippen LogP contribution in [0.25, 0.3) is 0 Å². The van der Waals surface area contributed by atoms with Gasteiger partial charge in [0.15, 0.2) is 0 Å². The minimum atomic E-state index is -0.983. The fourth-order valence-electron chi connectivity index (χ4n) is 1.84. The van der Waals surface area contributed by atoms with Crippen LogP contribution in [0.2, 0.25) is 5.02 Å². The molecule has 1 heterocycles. The number of aryl methyl sites for hydroxylation is 1. The quantitative estimate of drug-likeness (QED) is 0.880. The van der Waals surface area contributed by atoms with Gasteiger partial charge < -0.3 is 15.2 Å². The average molecular weight is 307 g/mol. The average Bonchev–Trinajstić information content (AvgIpc) is 2.48. The second-order valence-electron chi connectivity index (χ2n) is 4.37. The van der Waals surface area contributed by atoms with Crippen LogP contribution >= 0.6 is 11.6 Å². The molecule has 0 spiro atoms. The number of aromatic nitrogens is 1. The van der Waals surface area contributed by atoms with E-state index in [0.29, 0.717) is 34.4 Å². The molecule has 110 valence electrons. The van der Waals surface area contributed by atoms with Crippen molar-refractivity contribution < 1.29 is 14.6 Å². The molecule has 21 heavy (non-hydrogen) atoms. The third-order valence-corrected chi connectivity index (χ3v) is 3.22. The number of hydrogen-bond donors (Lipinski definition) is 2. The third-order valence-electron chi connectivity index (χ3n) is 2.91. The van der Waals surface area contributed by atoms with Crippen molar-refractivity contribution in [3.63, 3.8) is 0 Å². The van der Waals surface area contributed by atoms with E-state index in [-0.39, 0.29) is 5.56 Å². The van der Waals surface area contributed by atoms with Crippen LogP contribution in [0.5, 0.6) is 5.75 Å². The maximum atomic E-state index is 11.1. The molecule has 0 aliphatic rings. The molecule has 0 radical (unpaired) electrons. The van der Waals surface area contributed by atoms with E-state index in [1.165, 1.54) is 13.2 Å². The zero-order chi connectivity index (χ0) is 15.4.